The third-order valence-corrected chi connectivity index (χ3v) is 4.28. The summed E-state index contributed by atoms with van der Waals surface area (Å²) in [5.41, 5.74) is 0.474. The van der Waals surface area contributed by atoms with Crippen LogP contribution in [0, 0.1) is 5.92 Å². The molecule has 1 aliphatic heterocycles. The molecule has 7 heteroatoms. The molecule has 0 aliphatic carbocycles. The molecule has 0 aromatic heterocycles. The van der Waals surface area contributed by atoms with Crippen LogP contribution in [0.15, 0.2) is 54.6 Å². The summed E-state index contributed by atoms with van der Waals surface area (Å²) in [6.07, 6.45) is -4.32. The Kier molecular flexibility index (Phi) is 4.97. The van der Waals surface area contributed by atoms with Crippen molar-refractivity contribution in [3.63, 3.8) is 0 Å². The van der Waals surface area contributed by atoms with E-state index < -0.39 is 17.7 Å². The Balaban J connectivity index is 1.59. The number of benzene rings is 2. The molecule has 1 N–H and O–H groups in total. The molecule has 2 aromatic rings. The summed E-state index contributed by atoms with van der Waals surface area (Å²) in [5, 5.41) is 2.58. The minimum Gasteiger partial charge on any atom is -0.338 e. The molecule has 4 nitrogen and oxygen atoms in total. The molecule has 0 spiro atoms. The lowest BCUT2D eigenvalue weighted by Gasteiger charge is -2.16. The van der Waals surface area contributed by atoms with Gasteiger partial charge in [0, 0.05) is 25.2 Å². The number of anilines is 1. The Hall–Kier alpha value is -2.83. The smallest absolute Gasteiger partial charge is 0.338 e. The van der Waals surface area contributed by atoms with Crippen LogP contribution in [-0.4, -0.2) is 23.3 Å². The predicted molar refractivity (Wildman–Crippen MR) is 90.0 cm³/mol. The van der Waals surface area contributed by atoms with Gasteiger partial charge in [-0.1, -0.05) is 30.3 Å². The molecule has 1 atom stereocenters. The summed E-state index contributed by atoms with van der Waals surface area (Å²) >= 11 is 0. The van der Waals surface area contributed by atoms with Gasteiger partial charge in [0.05, 0.1) is 11.5 Å². The van der Waals surface area contributed by atoms with Crippen LogP contribution in [-0.2, 0) is 22.3 Å². The zero-order valence-corrected chi connectivity index (χ0v) is 13.8. The summed E-state index contributed by atoms with van der Waals surface area (Å²) < 4.78 is 37.7. The molecule has 2 aromatic carbocycles. The van der Waals surface area contributed by atoms with E-state index in [9.17, 15) is 22.8 Å². The van der Waals surface area contributed by atoms with Crippen LogP contribution in [0.1, 0.15) is 17.5 Å². The van der Waals surface area contributed by atoms with E-state index in [-0.39, 0.29) is 23.9 Å². The van der Waals surface area contributed by atoms with E-state index >= 15 is 0 Å². The molecule has 1 heterocycles. The molecular weight excluding hydrogens is 345 g/mol. The lowest BCUT2D eigenvalue weighted by Crippen LogP contribution is -2.28. The summed E-state index contributed by atoms with van der Waals surface area (Å²) in [4.78, 5) is 26.1. The van der Waals surface area contributed by atoms with Gasteiger partial charge in [0.15, 0.2) is 0 Å². The summed E-state index contributed by atoms with van der Waals surface area (Å²) in [6, 6.07) is 13.7. The summed E-state index contributed by atoms with van der Waals surface area (Å²) in [7, 11) is 0. The predicted octanol–water partition coefficient (Wildman–Crippen LogP) is 3.69. The van der Waals surface area contributed by atoms with Crippen LogP contribution in [0.25, 0.3) is 0 Å². The lowest BCUT2D eigenvalue weighted by atomic mass is 10.1. The average molecular weight is 362 g/mol. The molecule has 3 rings (SSSR count). The van der Waals surface area contributed by atoms with Gasteiger partial charge < -0.3 is 10.2 Å². The second-order valence-electron chi connectivity index (χ2n) is 6.23. The van der Waals surface area contributed by atoms with Gasteiger partial charge in [-0.15, -0.1) is 0 Å². The van der Waals surface area contributed by atoms with Crippen molar-refractivity contribution in [3.05, 3.63) is 65.7 Å². The second kappa shape index (κ2) is 7.19. The van der Waals surface area contributed by atoms with E-state index in [1.165, 1.54) is 12.1 Å². The Morgan fingerprint density at radius 1 is 1.08 bits per heavy atom. The normalized spacial score (nSPS) is 17.4. The van der Waals surface area contributed by atoms with Crippen molar-refractivity contribution >= 4 is 17.5 Å². The first-order valence-corrected chi connectivity index (χ1v) is 8.13. The minimum atomic E-state index is -4.42. The average Bonchev–Trinajstić information content (AvgIpc) is 2.96. The quantitative estimate of drug-likeness (QED) is 0.902. The Morgan fingerprint density at radius 2 is 1.73 bits per heavy atom. The fourth-order valence-electron chi connectivity index (χ4n) is 2.89. The summed E-state index contributed by atoms with van der Waals surface area (Å²) in [6.45, 7) is 0.726. The van der Waals surface area contributed by atoms with Gasteiger partial charge in [-0.2, -0.15) is 13.2 Å². The summed E-state index contributed by atoms with van der Waals surface area (Å²) in [5.74, 6) is -0.997. The topological polar surface area (TPSA) is 49.4 Å². The van der Waals surface area contributed by atoms with E-state index in [2.05, 4.69) is 5.32 Å². The number of hydrogen-bond acceptors (Lipinski definition) is 2. The van der Waals surface area contributed by atoms with Gasteiger partial charge in [0.1, 0.15) is 0 Å². The maximum absolute atomic E-state index is 12.6. The Bertz CT molecular complexity index is 789. The van der Waals surface area contributed by atoms with Crippen molar-refractivity contribution in [2.75, 3.05) is 11.9 Å². The highest BCUT2D eigenvalue weighted by molar-refractivity contribution is 5.97. The van der Waals surface area contributed by atoms with E-state index in [0.29, 0.717) is 13.1 Å². The number of rotatable bonds is 4. The number of nitrogens with zero attached hydrogens (tertiary/aromatic N) is 1. The minimum absolute atomic E-state index is 0.0965. The van der Waals surface area contributed by atoms with Gasteiger partial charge in [-0.25, -0.2) is 0 Å². The van der Waals surface area contributed by atoms with Gasteiger partial charge in [-0.05, 0) is 29.8 Å². The number of nitrogens with one attached hydrogen (secondary N) is 1. The molecule has 0 unspecified atom stereocenters. The number of likely N-dealkylation sites (tertiary alicyclic amines) is 1. The number of carbonyl (C=O) groups excluding carboxylic acids is 2. The molecule has 0 saturated carbocycles. The fourth-order valence-corrected chi connectivity index (χ4v) is 2.89. The fraction of sp³-hybridized carbons (Fsp3) is 0.263. The maximum Gasteiger partial charge on any atom is 0.416 e. The number of carbonyl (C=O) groups is 2. The Morgan fingerprint density at radius 3 is 2.35 bits per heavy atom. The standard InChI is InChI=1S/C19H17F3N2O2/c20-19(21,22)15-6-8-16(9-7-15)23-18(26)14-10-17(25)24(12-14)11-13-4-2-1-3-5-13/h1-9,14H,10-12H2,(H,23,26)/t14-/m0/s1. The van der Waals surface area contributed by atoms with E-state index in [1.54, 1.807) is 4.90 Å². The van der Waals surface area contributed by atoms with Crippen LogP contribution in [0.5, 0.6) is 0 Å². The van der Waals surface area contributed by atoms with Crippen molar-refractivity contribution < 1.29 is 22.8 Å². The molecule has 1 saturated heterocycles. The molecular formula is C19H17F3N2O2. The monoisotopic (exact) mass is 362 g/mol. The third kappa shape index (κ3) is 4.22. The van der Waals surface area contributed by atoms with Crippen molar-refractivity contribution in [3.8, 4) is 0 Å². The SMILES string of the molecule is O=C(Nc1ccc(C(F)(F)F)cc1)[C@H]1CC(=O)N(Cc2ccccc2)C1. The third-order valence-electron chi connectivity index (χ3n) is 4.28. The van der Waals surface area contributed by atoms with E-state index in [1.807, 2.05) is 30.3 Å². The van der Waals surface area contributed by atoms with Crippen molar-refractivity contribution in [2.24, 2.45) is 5.92 Å². The van der Waals surface area contributed by atoms with E-state index in [0.717, 1.165) is 17.7 Å². The number of hydrogen-bond donors (Lipinski definition) is 1. The van der Waals surface area contributed by atoms with Crippen molar-refractivity contribution in [1.29, 1.82) is 0 Å². The second-order valence-corrected chi connectivity index (χ2v) is 6.23. The molecule has 0 bridgehead atoms. The van der Waals surface area contributed by atoms with Gasteiger partial charge in [-0.3, -0.25) is 9.59 Å². The van der Waals surface area contributed by atoms with Crippen LogP contribution in [0.4, 0.5) is 18.9 Å². The van der Waals surface area contributed by atoms with Crippen LogP contribution in [0.2, 0.25) is 0 Å². The molecule has 26 heavy (non-hydrogen) atoms. The molecule has 2 amide bonds. The first-order valence-electron chi connectivity index (χ1n) is 8.13. The first-order chi connectivity index (χ1) is 12.3. The van der Waals surface area contributed by atoms with Crippen molar-refractivity contribution in [2.45, 2.75) is 19.1 Å². The highest BCUT2D eigenvalue weighted by Crippen LogP contribution is 2.30. The van der Waals surface area contributed by atoms with Gasteiger partial charge in [0.25, 0.3) is 0 Å². The number of halogens is 3. The van der Waals surface area contributed by atoms with E-state index in [4.69, 9.17) is 0 Å². The lowest BCUT2D eigenvalue weighted by molar-refractivity contribution is -0.137. The first kappa shape index (κ1) is 18.0. The zero-order chi connectivity index (χ0) is 18.7. The van der Waals surface area contributed by atoms with Crippen molar-refractivity contribution in [1.82, 2.24) is 4.90 Å². The zero-order valence-electron chi connectivity index (χ0n) is 13.8. The largest absolute Gasteiger partial charge is 0.416 e. The number of amides is 2. The maximum atomic E-state index is 12.6. The van der Waals surface area contributed by atoms with Gasteiger partial charge >= 0.3 is 6.18 Å². The van der Waals surface area contributed by atoms with Crippen LogP contribution in [0.3, 0.4) is 0 Å². The highest BCUT2D eigenvalue weighted by Gasteiger charge is 2.34. The molecule has 1 aliphatic rings. The highest BCUT2D eigenvalue weighted by atomic mass is 19.4. The number of alkyl halides is 3. The van der Waals surface area contributed by atoms with Crippen LogP contribution >= 0.6 is 0 Å². The molecule has 1 fully saturated rings. The molecule has 136 valence electrons. The van der Waals surface area contributed by atoms with Crippen LogP contribution < -0.4 is 5.32 Å². The Labute approximate surface area is 148 Å². The molecule has 0 radical (unpaired) electrons. The van der Waals surface area contributed by atoms with Gasteiger partial charge in [0.2, 0.25) is 11.8 Å².